The quantitative estimate of drug-likeness (QED) is 0.375. The Morgan fingerprint density at radius 1 is 1.29 bits per heavy atom. The summed E-state index contributed by atoms with van der Waals surface area (Å²) in [7, 11) is 0. The van der Waals surface area contributed by atoms with Crippen LogP contribution in [-0.4, -0.2) is 38.9 Å². The van der Waals surface area contributed by atoms with Crippen molar-refractivity contribution >= 4 is 23.4 Å². The highest BCUT2D eigenvalue weighted by atomic mass is 19.4. The van der Waals surface area contributed by atoms with Crippen molar-refractivity contribution in [3.63, 3.8) is 0 Å². The molecule has 3 heterocycles. The van der Waals surface area contributed by atoms with Gasteiger partial charge in [-0.1, -0.05) is 0 Å². The molecule has 0 spiro atoms. The van der Waals surface area contributed by atoms with E-state index in [1.807, 2.05) is 0 Å². The van der Waals surface area contributed by atoms with E-state index in [0.717, 1.165) is 12.1 Å². The molecule has 1 amide bonds. The molecule has 1 fully saturated rings. The summed E-state index contributed by atoms with van der Waals surface area (Å²) in [6.45, 7) is 10.2. The number of hydrogen-bond donors (Lipinski definition) is 1. The SMILES string of the molecule is [C-]#[N+]c1nc2c(c(N[C@H](C)c3cc([N+](=O)[O-])cc(C(F)(F)F)c3)n1)CN(C(=O)C1CCOCC1)C2. The predicted octanol–water partition coefficient (Wildman–Crippen LogP) is 4.40. The first-order valence-electron chi connectivity index (χ1n) is 10.8. The molecule has 1 atom stereocenters. The van der Waals surface area contributed by atoms with Gasteiger partial charge >= 0.3 is 12.1 Å². The minimum atomic E-state index is -4.76. The number of hydrogen-bond acceptors (Lipinski definition) is 7. The summed E-state index contributed by atoms with van der Waals surface area (Å²) in [5.74, 6) is -0.194. The fraction of sp³-hybridized carbons (Fsp3) is 0.455. The number of anilines is 1. The molecule has 10 nitrogen and oxygen atoms in total. The predicted molar refractivity (Wildman–Crippen MR) is 116 cm³/mol. The molecular weight excluding hydrogens is 469 g/mol. The first-order valence-corrected chi connectivity index (χ1v) is 10.8. The van der Waals surface area contributed by atoms with Gasteiger partial charge in [-0.25, -0.2) is 0 Å². The van der Waals surface area contributed by atoms with Crippen LogP contribution in [0.15, 0.2) is 18.2 Å². The van der Waals surface area contributed by atoms with Crippen molar-refractivity contribution in [1.82, 2.24) is 14.9 Å². The van der Waals surface area contributed by atoms with Gasteiger partial charge in [-0.05, 0) is 31.4 Å². The maximum atomic E-state index is 13.3. The number of ether oxygens (including phenoxy) is 1. The molecule has 0 saturated carbocycles. The molecule has 1 aromatic carbocycles. The van der Waals surface area contributed by atoms with Gasteiger partial charge in [0.05, 0.1) is 35.2 Å². The van der Waals surface area contributed by atoms with E-state index in [9.17, 15) is 28.1 Å². The van der Waals surface area contributed by atoms with Crippen molar-refractivity contribution in [1.29, 1.82) is 0 Å². The zero-order valence-electron chi connectivity index (χ0n) is 18.6. The van der Waals surface area contributed by atoms with Crippen molar-refractivity contribution in [3.8, 4) is 0 Å². The Bertz CT molecular complexity index is 1210. The van der Waals surface area contributed by atoms with Crippen LogP contribution in [0.3, 0.4) is 0 Å². The molecule has 4 rings (SSSR count). The van der Waals surface area contributed by atoms with Crippen LogP contribution in [0.4, 0.5) is 30.6 Å². The summed E-state index contributed by atoms with van der Waals surface area (Å²) in [6, 6.07) is 1.55. The molecule has 0 bridgehead atoms. The van der Waals surface area contributed by atoms with E-state index in [1.54, 1.807) is 4.90 Å². The number of carbonyl (C=O) groups is 1. The van der Waals surface area contributed by atoms with Crippen LogP contribution in [0.5, 0.6) is 0 Å². The minimum Gasteiger partial charge on any atom is -0.394 e. The van der Waals surface area contributed by atoms with Gasteiger partial charge in [0.25, 0.3) is 5.69 Å². The van der Waals surface area contributed by atoms with Gasteiger partial charge in [-0.2, -0.15) is 18.2 Å². The number of nitrogens with zero attached hydrogens (tertiary/aromatic N) is 5. The van der Waals surface area contributed by atoms with Crippen molar-refractivity contribution < 1.29 is 27.6 Å². The lowest BCUT2D eigenvalue weighted by atomic mass is 9.99. The third kappa shape index (κ3) is 5.17. The number of rotatable bonds is 5. The molecule has 0 radical (unpaired) electrons. The number of nitrogens with one attached hydrogen (secondary N) is 1. The Morgan fingerprint density at radius 2 is 2.00 bits per heavy atom. The van der Waals surface area contributed by atoms with Gasteiger partial charge in [0.15, 0.2) is 5.82 Å². The molecule has 1 aromatic heterocycles. The lowest BCUT2D eigenvalue weighted by Gasteiger charge is -2.25. The molecule has 2 aliphatic heterocycles. The standard InChI is InChI=1S/C22H21F3N6O4/c1-12(14-7-15(22(23,24)25)9-16(8-14)31(33)34)27-19-17-10-30(11-18(17)28-21(26-2)29-19)20(32)13-3-5-35-6-4-13/h7-9,12-13H,3-6,10-11H2,1H3,(H,27,28,29)/t12-/m1/s1. The van der Waals surface area contributed by atoms with Gasteiger partial charge in [-0.3, -0.25) is 14.9 Å². The third-order valence-corrected chi connectivity index (χ3v) is 6.08. The average molecular weight is 490 g/mol. The number of alkyl halides is 3. The van der Waals surface area contributed by atoms with Gasteiger partial charge in [0.2, 0.25) is 5.91 Å². The Labute approximate surface area is 198 Å². The minimum absolute atomic E-state index is 0.0244. The van der Waals surface area contributed by atoms with Gasteiger partial charge in [-0.15, -0.1) is 11.6 Å². The molecule has 184 valence electrons. The van der Waals surface area contributed by atoms with E-state index >= 15 is 0 Å². The molecule has 0 unspecified atom stereocenters. The maximum absolute atomic E-state index is 13.3. The van der Waals surface area contributed by atoms with E-state index in [2.05, 4.69) is 20.1 Å². The smallest absolute Gasteiger partial charge is 0.394 e. The summed E-state index contributed by atoms with van der Waals surface area (Å²) < 4.78 is 45.2. The Kier molecular flexibility index (Phi) is 6.58. The Balaban J connectivity index is 1.62. The summed E-state index contributed by atoms with van der Waals surface area (Å²) in [6.07, 6.45) is -3.54. The number of benzene rings is 1. The fourth-order valence-corrected chi connectivity index (χ4v) is 4.21. The maximum Gasteiger partial charge on any atom is 0.416 e. The average Bonchev–Trinajstić information content (AvgIpc) is 3.27. The molecule has 1 saturated heterocycles. The second kappa shape index (κ2) is 9.46. The molecule has 1 N–H and O–H groups in total. The summed E-state index contributed by atoms with van der Waals surface area (Å²) in [5.41, 5.74) is -0.761. The number of nitro groups is 1. The molecule has 13 heteroatoms. The van der Waals surface area contributed by atoms with Crippen LogP contribution < -0.4 is 5.32 Å². The van der Waals surface area contributed by atoms with Gasteiger partial charge < -0.3 is 19.8 Å². The van der Waals surface area contributed by atoms with E-state index in [-0.39, 0.29) is 42.2 Å². The molecule has 0 aliphatic carbocycles. The van der Waals surface area contributed by atoms with Crippen molar-refractivity contribution in [3.05, 3.63) is 62.1 Å². The van der Waals surface area contributed by atoms with E-state index in [4.69, 9.17) is 11.3 Å². The number of amides is 1. The Hall–Kier alpha value is -3.79. The highest BCUT2D eigenvalue weighted by Gasteiger charge is 2.36. The second-order valence-corrected chi connectivity index (χ2v) is 8.42. The topological polar surface area (TPSA) is 115 Å². The van der Waals surface area contributed by atoms with Crippen LogP contribution >= 0.6 is 0 Å². The summed E-state index contributed by atoms with van der Waals surface area (Å²) in [4.78, 5) is 36.6. The molecule has 2 aromatic rings. The number of non-ortho nitro benzene ring substituents is 1. The van der Waals surface area contributed by atoms with Crippen LogP contribution in [0.1, 0.15) is 48.2 Å². The summed E-state index contributed by atoms with van der Waals surface area (Å²) >= 11 is 0. The number of nitro benzene ring substituents is 1. The molecule has 2 aliphatic rings. The van der Waals surface area contributed by atoms with Crippen LogP contribution in [0.25, 0.3) is 4.85 Å². The third-order valence-electron chi connectivity index (χ3n) is 6.08. The van der Waals surface area contributed by atoms with E-state index in [0.29, 0.717) is 43.4 Å². The highest BCUT2D eigenvalue weighted by molar-refractivity contribution is 5.80. The Morgan fingerprint density at radius 3 is 2.63 bits per heavy atom. The van der Waals surface area contributed by atoms with Crippen LogP contribution in [-0.2, 0) is 28.8 Å². The van der Waals surface area contributed by atoms with Crippen molar-refractivity contribution in [2.45, 2.75) is 45.1 Å². The lowest BCUT2D eigenvalue weighted by molar-refractivity contribution is -0.385. The number of fused-ring (bicyclic) bond motifs is 1. The first kappa shape index (κ1) is 24.3. The van der Waals surface area contributed by atoms with Crippen LogP contribution in [0, 0.1) is 22.6 Å². The number of halogens is 3. The van der Waals surface area contributed by atoms with Crippen LogP contribution in [0.2, 0.25) is 0 Å². The van der Waals surface area contributed by atoms with E-state index in [1.165, 1.54) is 6.92 Å². The normalized spacial score (nSPS) is 16.9. The zero-order chi connectivity index (χ0) is 25.3. The van der Waals surface area contributed by atoms with E-state index < -0.39 is 28.4 Å². The largest absolute Gasteiger partial charge is 0.416 e. The zero-order valence-corrected chi connectivity index (χ0v) is 18.6. The molecular formula is C22H21F3N6O4. The first-order chi connectivity index (χ1) is 16.6. The number of aromatic nitrogens is 2. The number of carbonyl (C=O) groups excluding carboxylic acids is 1. The lowest BCUT2D eigenvalue weighted by Crippen LogP contribution is -2.35. The van der Waals surface area contributed by atoms with Gasteiger partial charge in [0.1, 0.15) is 5.69 Å². The van der Waals surface area contributed by atoms with Crippen molar-refractivity contribution in [2.75, 3.05) is 18.5 Å². The second-order valence-electron chi connectivity index (χ2n) is 8.42. The summed E-state index contributed by atoms with van der Waals surface area (Å²) in [5, 5.41) is 14.2. The highest BCUT2D eigenvalue weighted by Crippen LogP contribution is 2.36. The van der Waals surface area contributed by atoms with Gasteiger partial charge in [0, 0.05) is 31.3 Å². The molecule has 35 heavy (non-hydrogen) atoms. The van der Waals surface area contributed by atoms with Crippen molar-refractivity contribution in [2.24, 2.45) is 5.92 Å². The monoisotopic (exact) mass is 490 g/mol. The fourth-order valence-electron chi connectivity index (χ4n) is 4.21.